The van der Waals surface area contributed by atoms with Gasteiger partial charge in [0, 0.05) is 10.3 Å². The molecular weight excluding hydrogens is 224 g/mol. The molecule has 0 aromatic carbocycles. The molecule has 0 spiro atoms. The van der Waals surface area contributed by atoms with Gasteiger partial charge < -0.3 is 10.6 Å². The van der Waals surface area contributed by atoms with Gasteiger partial charge in [-0.3, -0.25) is 0 Å². The SMILES string of the molecule is CC(C)(C)/C(N)=N/OC(=O)Cc1cccs1. The van der Waals surface area contributed by atoms with Gasteiger partial charge in [-0.05, 0) is 11.4 Å². The Balaban J connectivity index is 2.47. The Hall–Kier alpha value is -1.36. The molecular formula is C11H16N2O2S. The third-order valence-corrected chi connectivity index (χ3v) is 2.79. The Labute approximate surface area is 99.1 Å². The number of hydrogen-bond donors (Lipinski definition) is 1. The van der Waals surface area contributed by atoms with E-state index in [1.54, 1.807) is 0 Å². The summed E-state index contributed by atoms with van der Waals surface area (Å²) in [6, 6.07) is 3.77. The second kappa shape index (κ2) is 5.12. The summed E-state index contributed by atoms with van der Waals surface area (Å²) in [6.07, 6.45) is 0.235. The van der Waals surface area contributed by atoms with Crippen LogP contribution < -0.4 is 5.73 Å². The van der Waals surface area contributed by atoms with Gasteiger partial charge in [-0.2, -0.15) is 0 Å². The van der Waals surface area contributed by atoms with Gasteiger partial charge in [0.1, 0.15) is 5.84 Å². The second-order valence-corrected chi connectivity index (χ2v) is 5.48. The summed E-state index contributed by atoms with van der Waals surface area (Å²) in [5, 5.41) is 5.54. The molecule has 1 aromatic heterocycles. The molecule has 0 unspecified atom stereocenters. The summed E-state index contributed by atoms with van der Waals surface area (Å²) in [5.41, 5.74) is 5.36. The standard InChI is InChI=1S/C11H16N2O2S/c1-11(2,3)10(12)13-15-9(14)7-8-5-4-6-16-8/h4-6H,7H2,1-3H3,(H2,12,13). The third-order valence-electron chi connectivity index (χ3n) is 1.91. The fourth-order valence-electron chi connectivity index (χ4n) is 0.825. The van der Waals surface area contributed by atoms with Crippen LogP contribution in [0.1, 0.15) is 25.6 Å². The van der Waals surface area contributed by atoms with Crippen molar-refractivity contribution in [3.63, 3.8) is 0 Å². The van der Waals surface area contributed by atoms with Gasteiger partial charge in [0.05, 0.1) is 6.42 Å². The number of amidine groups is 1. The highest BCUT2D eigenvalue weighted by Crippen LogP contribution is 2.13. The van der Waals surface area contributed by atoms with Crippen molar-refractivity contribution in [1.82, 2.24) is 0 Å². The summed E-state index contributed by atoms with van der Waals surface area (Å²) in [6.45, 7) is 5.71. The molecule has 5 heteroatoms. The van der Waals surface area contributed by atoms with Gasteiger partial charge in [0.15, 0.2) is 0 Å². The first kappa shape index (κ1) is 12.7. The Morgan fingerprint density at radius 1 is 1.56 bits per heavy atom. The van der Waals surface area contributed by atoms with Crippen LogP contribution in [-0.2, 0) is 16.1 Å². The molecule has 0 aliphatic carbocycles. The average molecular weight is 240 g/mol. The van der Waals surface area contributed by atoms with Crippen LogP contribution in [0, 0.1) is 5.41 Å². The van der Waals surface area contributed by atoms with Gasteiger partial charge >= 0.3 is 5.97 Å². The highest BCUT2D eigenvalue weighted by molar-refractivity contribution is 7.10. The Morgan fingerprint density at radius 3 is 2.75 bits per heavy atom. The quantitative estimate of drug-likeness (QED) is 0.381. The van der Waals surface area contributed by atoms with Crippen molar-refractivity contribution < 1.29 is 9.63 Å². The summed E-state index contributed by atoms with van der Waals surface area (Å²) in [4.78, 5) is 17.1. The molecule has 0 saturated carbocycles. The molecule has 16 heavy (non-hydrogen) atoms. The van der Waals surface area contributed by atoms with Crippen LogP contribution in [0.4, 0.5) is 0 Å². The zero-order valence-corrected chi connectivity index (χ0v) is 10.5. The van der Waals surface area contributed by atoms with E-state index in [4.69, 9.17) is 10.6 Å². The Morgan fingerprint density at radius 2 is 2.25 bits per heavy atom. The van der Waals surface area contributed by atoms with Crippen molar-refractivity contribution >= 4 is 23.1 Å². The van der Waals surface area contributed by atoms with Crippen LogP contribution >= 0.6 is 11.3 Å². The highest BCUT2D eigenvalue weighted by atomic mass is 32.1. The molecule has 1 aromatic rings. The maximum atomic E-state index is 11.4. The molecule has 4 nitrogen and oxygen atoms in total. The molecule has 0 aliphatic heterocycles. The fourth-order valence-corrected chi connectivity index (χ4v) is 1.51. The number of nitrogens with two attached hydrogens (primary N) is 1. The van der Waals surface area contributed by atoms with E-state index < -0.39 is 5.97 Å². The van der Waals surface area contributed by atoms with Crippen molar-refractivity contribution in [3.8, 4) is 0 Å². The first-order valence-corrected chi connectivity index (χ1v) is 5.84. The maximum Gasteiger partial charge on any atom is 0.340 e. The zero-order chi connectivity index (χ0) is 12.2. The molecule has 0 radical (unpaired) electrons. The van der Waals surface area contributed by atoms with Crippen LogP contribution in [-0.4, -0.2) is 11.8 Å². The van der Waals surface area contributed by atoms with Crippen LogP contribution in [0.3, 0.4) is 0 Å². The van der Waals surface area contributed by atoms with Gasteiger partial charge in [0.2, 0.25) is 0 Å². The van der Waals surface area contributed by atoms with E-state index in [9.17, 15) is 4.79 Å². The van der Waals surface area contributed by atoms with Gasteiger partial charge in [-0.25, -0.2) is 4.79 Å². The smallest absolute Gasteiger partial charge is 0.340 e. The predicted molar refractivity (Wildman–Crippen MR) is 65.2 cm³/mol. The highest BCUT2D eigenvalue weighted by Gasteiger charge is 2.17. The molecule has 1 rings (SSSR count). The molecule has 0 atom stereocenters. The van der Waals surface area contributed by atoms with Crippen LogP contribution in [0.15, 0.2) is 22.7 Å². The Kier molecular flexibility index (Phi) is 4.06. The molecule has 2 N–H and O–H groups in total. The zero-order valence-electron chi connectivity index (χ0n) is 9.69. The van der Waals surface area contributed by atoms with E-state index in [0.717, 1.165) is 4.88 Å². The number of carbonyl (C=O) groups excluding carboxylic acids is 1. The van der Waals surface area contributed by atoms with Crippen molar-refractivity contribution in [2.24, 2.45) is 16.3 Å². The van der Waals surface area contributed by atoms with Gasteiger partial charge in [-0.15, -0.1) is 11.3 Å². The molecule has 0 amide bonds. The van der Waals surface area contributed by atoms with E-state index in [1.807, 2.05) is 38.3 Å². The fraction of sp³-hybridized carbons (Fsp3) is 0.455. The van der Waals surface area contributed by atoms with Crippen molar-refractivity contribution in [1.29, 1.82) is 0 Å². The van der Waals surface area contributed by atoms with Crippen LogP contribution in [0.2, 0.25) is 0 Å². The first-order valence-electron chi connectivity index (χ1n) is 4.96. The summed E-state index contributed by atoms with van der Waals surface area (Å²) < 4.78 is 0. The predicted octanol–water partition coefficient (Wildman–Crippen LogP) is 2.15. The summed E-state index contributed by atoms with van der Waals surface area (Å²) in [7, 11) is 0. The number of oxime groups is 1. The van der Waals surface area contributed by atoms with E-state index in [0.29, 0.717) is 5.84 Å². The first-order chi connectivity index (χ1) is 7.39. The maximum absolute atomic E-state index is 11.4. The number of hydrogen-bond acceptors (Lipinski definition) is 4. The minimum absolute atomic E-state index is 0.235. The normalized spacial score (nSPS) is 12.6. The van der Waals surface area contributed by atoms with E-state index in [-0.39, 0.29) is 11.8 Å². The third kappa shape index (κ3) is 4.02. The summed E-state index contributed by atoms with van der Waals surface area (Å²) >= 11 is 1.51. The lowest BCUT2D eigenvalue weighted by molar-refractivity contribution is -0.142. The van der Waals surface area contributed by atoms with Gasteiger partial charge in [-0.1, -0.05) is 32.0 Å². The molecule has 0 saturated heterocycles. The molecule has 0 aliphatic rings. The van der Waals surface area contributed by atoms with Gasteiger partial charge in [0.25, 0.3) is 0 Å². The minimum atomic E-state index is -0.394. The Bertz CT molecular complexity index is 377. The molecule has 88 valence electrons. The van der Waals surface area contributed by atoms with E-state index in [2.05, 4.69) is 5.16 Å². The lowest BCUT2D eigenvalue weighted by Crippen LogP contribution is -2.29. The van der Waals surface area contributed by atoms with E-state index in [1.165, 1.54) is 11.3 Å². The van der Waals surface area contributed by atoms with E-state index >= 15 is 0 Å². The number of carbonyl (C=O) groups is 1. The van der Waals surface area contributed by atoms with Crippen molar-refractivity contribution in [2.45, 2.75) is 27.2 Å². The monoisotopic (exact) mass is 240 g/mol. The van der Waals surface area contributed by atoms with Crippen molar-refractivity contribution in [3.05, 3.63) is 22.4 Å². The number of thiophene rings is 1. The van der Waals surface area contributed by atoms with Crippen LogP contribution in [0.25, 0.3) is 0 Å². The largest absolute Gasteiger partial charge is 0.384 e. The number of nitrogens with zero attached hydrogens (tertiary/aromatic N) is 1. The molecule has 0 bridgehead atoms. The minimum Gasteiger partial charge on any atom is -0.384 e. The average Bonchev–Trinajstić information content (AvgIpc) is 2.65. The van der Waals surface area contributed by atoms with Crippen LogP contribution in [0.5, 0.6) is 0 Å². The topological polar surface area (TPSA) is 64.7 Å². The molecule has 1 heterocycles. The number of rotatable bonds is 3. The second-order valence-electron chi connectivity index (χ2n) is 4.45. The summed E-state index contributed by atoms with van der Waals surface area (Å²) in [5.74, 6) is -0.0818. The lowest BCUT2D eigenvalue weighted by Gasteiger charge is -2.15. The lowest BCUT2D eigenvalue weighted by atomic mass is 9.96. The van der Waals surface area contributed by atoms with Crippen molar-refractivity contribution in [2.75, 3.05) is 0 Å². The molecule has 0 fully saturated rings.